The Kier molecular flexibility index (Phi) is 2.74. The molecule has 0 radical (unpaired) electrons. The molecule has 5 nitrogen and oxygen atoms in total. The first-order valence-electron chi connectivity index (χ1n) is 4.51. The third-order valence-corrected chi connectivity index (χ3v) is 2.85. The lowest BCUT2D eigenvalue weighted by atomic mass is 10.3. The number of carbonyl (C=O) groups is 1. The first kappa shape index (κ1) is 10.8. The molecule has 1 aromatic heterocycles. The molecule has 0 unspecified atom stereocenters. The molecule has 2 aromatic rings. The van der Waals surface area contributed by atoms with Crippen molar-refractivity contribution in [1.82, 2.24) is 15.0 Å². The molecule has 6 heteroatoms. The van der Waals surface area contributed by atoms with Gasteiger partial charge < -0.3 is 5.11 Å². The average molecular weight is 282 g/mol. The number of rotatable bonds is 2. The fourth-order valence-corrected chi connectivity index (χ4v) is 1.83. The predicted octanol–water partition coefficient (Wildman–Crippen LogP) is 2.04. The normalized spacial score (nSPS) is 10.4. The molecule has 1 N–H and O–H groups in total. The van der Waals surface area contributed by atoms with Gasteiger partial charge in [0.15, 0.2) is 5.69 Å². The van der Waals surface area contributed by atoms with Crippen LogP contribution in [0.3, 0.4) is 0 Å². The van der Waals surface area contributed by atoms with E-state index in [1.807, 2.05) is 24.3 Å². The fourth-order valence-electron chi connectivity index (χ4n) is 1.38. The van der Waals surface area contributed by atoms with Gasteiger partial charge in [0, 0.05) is 4.47 Å². The Morgan fingerprint density at radius 1 is 1.44 bits per heavy atom. The van der Waals surface area contributed by atoms with Crippen molar-refractivity contribution in [1.29, 1.82) is 0 Å². The number of nitrogens with zero attached hydrogens (tertiary/aromatic N) is 3. The molecule has 16 heavy (non-hydrogen) atoms. The zero-order chi connectivity index (χ0) is 11.7. The highest BCUT2D eigenvalue weighted by Crippen LogP contribution is 2.21. The quantitative estimate of drug-likeness (QED) is 0.915. The number of carboxylic acids is 1. The molecule has 0 atom stereocenters. The van der Waals surface area contributed by atoms with Crippen molar-refractivity contribution >= 4 is 21.9 Å². The molecule has 0 saturated carbocycles. The summed E-state index contributed by atoms with van der Waals surface area (Å²) in [5.41, 5.74) is 1.23. The van der Waals surface area contributed by atoms with Crippen LogP contribution in [0.5, 0.6) is 0 Å². The van der Waals surface area contributed by atoms with Gasteiger partial charge >= 0.3 is 5.97 Å². The SMILES string of the molecule is Cc1c(C(=O)O)nnn1-c1ccccc1Br. The Hall–Kier alpha value is -1.69. The van der Waals surface area contributed by atoms with Gasteiger partial charge in [-0.1, -0.05) is 17.3 Å². The summed E-state index contributed by atoms with van der Waals surface area (Å²) in [7, 11) is 0. The highest BCUT2D eigenvalue weighted by atomic mass is 79.9. The Balaban J connectivity index is 2.58. The fraction of sp³-hybridized carbons (Fsp3) is 0.100. The maximum absolute atomic E-state index is 10.8. The maximum atomic E-state index is 10.8. The summed E-state index contributed by atoms with van der Waals surface area (Å²) in [6.07, 6.45) is 0. The highest BCUT2D eigenvalue weighted by molar-refractivity contribution is 9.10. The monoisotopic (exact) mass is 281 g/mol. The molecule has 1 aromatic carbocycles. The number of hydrogen-bond acceptors (Lipinski definition) is 3. The topological polar surface area (TPSA) is 68.0 Å². The number of para-hydroxylation sites is 1. The smallest absolute Gasteiger partial charge is 0.358 e. The third-order valence-electron chi connectivity index (χ3n) is 2.18. The van der Waals surface area contributed by atoms with Crippen LogP contribution in [0.4, 0.5) is 0 Å². The van der Waals surface area contributed by atoms with Crippen LogP contribution in [0.1, 0.15) is 16.2 Å². The summed E-state index contributed by atoms with van der Waals surface area (Å²) in [5.74, 6) is -1.07. The van der Waals surface area contributed by atoms with E-state index in [9.17, 15) is 4.79 Å². The second-order valence-corrected chi connectivity index (χ2v) is 4.05. The molecule has 0 aliphatic rings. The van der Waals surface area contributed by atoms with Gasteiger partial charge in [-0.2, -0.15) is 0 Å². The van der Waals surface area contributed by atoms with Crippen molar-refractivity contribution in [2.45, 2.75) is 6.92 Å². The number of benzene rings is 1. The standard InChI is InChI=1S/C10H8BrN3O2/c1-6-9(10(15)16)12-13-14(6)8-5-3-2-4-7(8)11/h2-5H,1H3,(H,15,16). The van der Waals surface area contributed by atoms with E-state index in [1.165, 1.54) is 4.68 Å². The van der Waals surface area contributed by atoms with Gasteiger partial charge in [0.25, 0.3) is 0 Å². The van der Waals surface area contributed by atoms with Crippen molar-refractivity contribution in [3.8, 4) is 5.69 Å². The van der Waals surface area contributed by atoms with E-state index >= 15 is 0 Å². The van der Waals surface area contributed by atoms with Crippen molar-refractivity contribution < 1.29 is 9.90 Å². The predicted molar refractivity (Wildman–Crippen MR) is 60.8 cm³/mol. The summed E-state index contributed by atoms with van der Waals surface area (Å²) in [6, 6.07) is 7.41. The minimum absolute atomic E-state index is 0.0317. The molecule has 82 valence electrons. The lowest BCUT2D eigenvalue weighted by Crippen LogP contribution is -2.03. The summed E-state index contributed by atoms with van der Waals surface area (Å²) in [6.45, 7) is 1.67. The molecule has 0 spiro atoms. The lowest BCUT2D eigenvalue weighted by molar-refractivity contribution is 0.0689. The van der Waals surface area contributed by atoms with E-state index in [0.717, 1.165) is 10.2 Å². The number of carboxylic acid groups (broad SMARTS) is 1. The van der Waals surface area contributed by atoms with Gasteiger partial charge in [0.2, 0.25) is 0 Å². The van der Waals surface area contributed by atoms with Crippen LogP contribution in [-0.2, 0) is 0 Å². The van der Waals surface area contributed by atoms with Gasteiger partial charge in [-0.25, -0.2) is 9.48 Å². The molecule has 2 rings (SSSR count). The van der Waals surface area contributed by atoms with E-state index in [1.54, 1.807) is 6.92 Å². The van der Waals surface area contributed by atoms with E-state index in [2.05, 4.69) is 26.2 Å². The van der Waals surface area contributed by atoms with Crippen molar-refractivity contribution in [2.24, 2.45) is 0 Å². The molecule has 0 bridgehead atoms. The van der Waals surface area contributed by atoms with E-state index < -0.39 is 5.97 Å². The van der Waals surface area contributed by atoms with Crippen LogP contribution in [-0.4, -0.2) is 26.1 Å². The summed E-state index contributed by atoms with van der Waals surface area (Å²) < 4.78 is 2.33. The lowest BCUT2D eigenvalue weighted by Gasteiger charge is -2.04. The molecule has 0 amide bonds. The van der Waals surface area contributed by atoms with Gasteiger partial charge in [-0.3, -0.25) is 0 Å². The molecular formula is C10H8BrN3O2. The molecular weight excluding hydrogens is 274 g/mol. The Labute approximate surface area is 99.8 Å². The van der Waals surface area contributed by atoms with Crippen LogP contribution >= 0.6 is 15.9 Å². The van der Waals surface area contributed by atoms with Crippen molar-refractivity contribution in [3.63, 3.8) is 0 Å². The van der Waals surface area contributed by atoms with Crippen LogP contribution < -0.4 is 0 Å². The molecule has 0 saturated heterocycles. The average Bonchev–Trinajstić information content (AvgIpc) is 2.61. The maximum Gasteiger partial charge on any atom is 0.358 e. The molecule has 1 heterocycles. The summed E-state index contributed by atoms with van der Waals surface area (Å²) in [5, 5.41) is 16.3. The van der Waals surface area contributed by atoms with E-state index in [-0.39, 0.29) is 5.69 Å². The first-order valence-corrected chi connectivity index (χ1v) is 5.31. The Morgan fingerprint density at radius 2 is 2.12 bits per heavy atom. The minimum atomic E-state index is -1.07. The molecule has 0 fully saturated rings. The van der Waals surface area contributed by atoms with Crippen molar-refractivity contribution in [2.75, 3.05) is 0 Å². The summed E-state index contributed by atoms with van der Waals surface area (Å²) in [4.78, 5) is 10.8. The van der Waals surface area contributed by atoms with Crippen LogP contribution in [0.15, 0.2) is 28.7 Å². The first-order chi connectivity index (χ1) is 7.61. The molecule has 0 aliphatic carbocycles. The summed E-state index contributed by atoms with van der Waals surface area (Å²) >= 11 is 3.38. The molecule has 0 aliphatic heterocycles. The minimum Gasteiger partial charge on any atom is -0.476 e. The van der Waals surface area contributed by atoms with Crippen LogP contribution in [0, 0.1) is 6.92 Å². The number of aromatic carboxylic acids is 1. The second kappa shape index (κ2) is 4.05. The largest absolute Gasteiger partial charge is 0.476 e. The van der Waals surface area contributed by atoms with Gasteiger partial charge in [0.1, 0.15) is 0 Å². The van der Waals surface area contributed by atoms with E-state index in [0.29, 0.717) is 5.69 Å². The van der Waals surface area contributed by atoms with Crippen LogP contribution in [0.2, 0.25) is 0 Å². The van der Waals surface area contributed by atoms with Gasteiger partial charge in [0.05, 0.1) is 11.4 Å². The van der Waals surface area contributed by atoms with Crippen LogP contribution in [0.25, 0.3) is 5.69 Å². The Morgan fingerprint density at radius 3 is 2.69 bits per heavy atom. The number of hydrogen-bond donors (Lipinski definition) is 1. The van der Waals surface area contributed by atoms with Gasteiger partial charge in [-0.15, -0.1) is 5.10 Å². The van der Waals surface area contributed by atoms with Gasteiger partial charge in [-0.05, 0) is 35.0 Å². The zero-order valence-electron chi connectivity index (χ0n) is 8.38. The third kappa shape index (κ3) is 1.71. The Bertz CT molecular complexity index is 551. The highest BCUT2D eigenvalue weighted by Gasteiger charge is 2.16. The number of aromatic nitrogens is 3. The zero-order valence-corrected chi connectivity index (χ0v) is 9.97. The second-order valence-electron chi connectivity index (χ2n) is 3.19. The van der Waals surface area contributed by atoms with E-state index in [4.69, 9.17) is 5.11 Å². The van der Waals surface area contributed by atoms with Crippen molar-refractivity contribution in [3.05, 3.63) is 40.1 Å². The number of halogens is 1.